The molecule has 11 rings (SSSR count). The standard InChI is InChI=1S/C46H27N3S/c1-2-12-28(13-3-1)29-22-24-31(25-23-29)42-46(48-38-20-10-9-19-37(38)47-42)49-39-21-11-8-18-35(39)40-33-16-6-7-17-34(33)41-36-27-26-30-14-4-5-15-32(30)44(36)50-45(41)43(40)49/h1-27H. The summed E-state index contributed by atoms with van der Waals surface area (Å²) in [4.78, 5) is 10.8. The molecule has 232 valence electrons. The number of hydrogen-bond donors (Lipinski definition) is 0. The molecule has 0 spiro atoms. The molecule has 3 heterocycles. The van der Waals surface area contributed by atoms with Crippen molar-refractivity contribution in [1.82, 2.24) is 14.5 Å². The number of hydrogen-bond acceptors (Lipinski definition) is 3. The van der Waals surface area contributed by atoms with E-state index < -0.39 is 0 Å². The summed E-state index contributed by atoms with van der Waals surface area (Å²) in [5, 5.41) is 10.1. The van der Waals surface area contributed by atoms with Crippen LogP contribution in [0.4, 0.5) is 0 Å². The quantitative estimate of drug-likeness (QED) is 0.190. The number of para-hydroxylation sites is 3. The number of benzene rings is 8. The van der Waals surface area contributed by atoms with Gasteiger partial charge in [-0.25, -0.2) is 9.97 Å². The maximum atomic E-state index is 5.47. The maximum absolute atomic E-state index is 5.47. The van der Waals surface area contributed by atoms with Crippen molar-refractivity contribution in [2.24, 2.45) is 0 Å². The van der Waals surface area contributed by atoms with E-state index in [-0.39, 0.29) is 0 Å². The third-order valence-electron chi connectivity index (χ3n) is 10.2. The highest BCUT2D eigenvalue weighted by molar-refractivity contribution is 7.27. The van der Waals surface area contributed by atoms with Crippen LogP contribution in [-0.2, 0) is 0 Å². The van der Waals surface area contributed by atoms with Crippen molar-refractivity contribution in [1.29, 1.82) is 0 Å². The topological polar surface area (TPSA) is 30.7 Å². The van der Waals surface area contributed by atoms with E-state index in [4.69, 9.17) is 9.97 Å². The lowest BCUT2D eigenvalue weighted by molar-refractivity contribution is 1.08. The Bertz CT molecular complexity index is 3140. The lowest BCUT2D eigenvalue weighted by atomic mass is 9.98. The van der Waals surface area contributed by atoms with Gasteiger partial charge in [0.15, 0.2) is 5.82 Å². The van der Waals surface area contributed by atoms with Crippen molar-refractivity contribution in [3.8, 4) is 28.2 Å². The molecule has 11 aromatic rings. The first-order valence-electron chi connectivity index (χ1n) is 16.9. The zero-order chi connectivity index (χ0) is 32.8. The van der Waals surface area contributed by atoms with Gasteiger partial charge in [-0.1, -0.05) is 146 Å². The molecule has 0 fully saturated rings. The van der Waals surface area contributed by atoms with Crippen LogP contribution in [-0.4, -0.2) is 14.5 Å². The minimum absolute atomic E-state index is 0.834. The van der Waals surface area contributed by atoms with Gasteiger partial charge in [0.25, 0.3) is 0 Å². The zero-order valence-electron chi connectivity index (χ0n) is 26.8. The molecule has 0 amide bonds. The van der Waals surface area contributed by atoms with Gasteiger partial charge in [-0.05, 0) is 50.9 Å². The maximum Gasteiger partial charge on any atom is 0.165 e. The largest absolute Gasteiger partial charge is 0.290 e. The summed E-state index contributed by atoms with van der Waals surface area (Å²) in [6.45, 7) is 0. The van der Waals surface area contributed by atoms with E-state index >= 15 is 0 Å². The van der Waals surface area contributed by atoms with Crippen LogP contribution in [0.5, 0.6) is 0 Å². The summed E-state index contributed by atoms with van der Waals surface area (Å²) in [6.07, 6.45) is 0. The third kappa shape index (κ3) is 3.91. The average Bonchev–Trinajstić information content (AvgIpc) is 3.75. The van der Waals surface area contributed by atoms with Gasteiger partial charge >= 0.3 is 0 Å². The SMILES string of the molecule is c1ccc(-c2ccc(-c3nc4ccccc4nc3-n3c4ccccc4c4c5ccccc5c5c6ccc7ccccc7c6sc5c43)cc2)cc1. The Morgan fingerprint density at radius 2 is 1.00 bits per heavy atom. The molecule has 0 saturated carbocycles. The summed E-state index contributed by atoms with van der Waals surface area (Å²) in [7, 11) is 0. The lowest BCUT2D eigenvalue weighted by Crippen LogP contribution is -2.03. The first kappa shape index (κ1) is 27.6. The highest BCUT2D eigenvalue weighted by Gasteiger charge is 2.25. The summed E-state index contributed by atoms with van der Waals surface area (Å²) in [6, 6.07) is 58.5. The molecule has 8 aromatic carbocycles. The second-order valence-corrected chi connectivity index (χ2v) is 13.9. The van der Waals surface area contributed by atoms with Gasteiger partial charge < -0.3 is 0 Å². The summed E-state index contributed by atoms with van der Waals surface area (Å²) < 4.78 is 4.98. The predicted molar refractivity (Wildman–Crippen MR) is 213 cm³/mol. The van der Waals surface area contributed by atoms with Crippen LogP contribution < -0.4 is 0 Å². The number of thiophene rings is 1. The van der Waals surface area contributed by atoms with Crippen LogP contribution in [0.2, 0.25) is 0 Å². The third-order valence-corrected chi connectivity index (χ3v) is 11.4. The first-order valence-corrected chi connectivity index (χ1v) is 17.7. The van der Waals surface area contributed by atoms with Gasteiger partial charge in [0, 0.05) is 31.8 Å². The van der Waals surface area contributed by atoms with Gasteiger partial charge in [0.05, 0.1) is 26.8 Å². The molecule has 0 N–H and O–H groups in total. The van der Waals surface area contributed by atoms with E-state index in [0.29, 0.717) is 0 Å². The Kier molecular flexibility index (Phi) is 5.83. The Hall–Kier alpha value is -6.36. The van der Waals surface area contributed by atoms with Crippen LogP contribution in [0.1, 0.15) is 0 Å². The fraction of sp³-hybridized carbons (Fsp3) is 0. The molecule has 4 heteroatoms. The molecule has 0 unspecified atom stereocenters. The second kappa shape index (κ2) is 10.6. The van der Waals surface area contributed by atoms with Gasteiger partial charge in [0.2, 0.25) is 0 Å². The number of nitrogens with zero attached hydrogens (tertiary/aromatic N) is 3. The minimum Gasteiger partial charge on any atom is -0.290 e. The van der Waals surface area contributed by atoms with Gasteiger partial charge in [-0.15, -0.1) is 11.3 Å². The van der Waals surface area contributed by atoms with Crippen LogP contribution >= 0.6 is 11.3 Å². The first-order chi connectivity index (χ1) is 24.8. The Morgan fingerprint density at radius 3 is 1.80 bits per heavy atom. The van der Waals surface area contributed by atoms with Crippen LogP contribution in [0.25, 0.3) is 103 Å². The smallest absolute Gasteiger partial charge is 0.165 e. The molecule has 0 aliphatic carbocycles. The molecule has 0 atom stereocenters. The molecule has 0 bridgehead atoms. The van der Waals surface area contributed by atoms with Crippen molar-refractivity contribution in [2.75, 3.05) is 0 Å². The van der Waals surface area contributed by atoms with Crippen LogP contribution in [0.3, 0.4) is 0 Å². The van der Waals surface area contributed by atoms with Crippen molar-refractivity contribution in [3.63, 3.8) is 0 Å². The van der Waals surface area contributed by atoms with Gasteiger partial charge in [0.1, 0.15) is 5.69 Å². The Morgan fingerprint density at radius 1 is 0.400 bits per heavy atom. The number of rotatable bonds is 3. The molecular formula is C46H27N3S. The predicted octanol–water partition coefficient (Wildman–Crippen LogP) is 12.7. The van der Waals surface area contributed by atoms with E-state index in [0.717, 1.165) is 33.6 Å². The molecule has 50 heavy (non-hydrogen) atoms. The monoisotopic (exact) mass is 653 g/mol. The highest BCUT2D eigenvalue weighted by atomic mass is 32.1. The fourth-order valence-corrected chi connectivity index (χ4v) is 9.31. The summed E-state index contributed by atoms with van der Waals surface area (Å²) in [5.41, 5.74) is 8.30. The molecule has 0 aliphatic rings. The minimum atomic E-state index is 0.834. The van der Waals surface area contributed by atoms with Crippen LogP contribution in [0.15, 0.2) is 164 Å². The average molecular weight is 654 g/mol. The van der Waals surface area contributed by atoms with E-state index in [1.807, 2.05) is 23.5 Å². The van der Waals surface area contributed by atoms with Gasteiger partial charge in [-0.2, -0.15) is 0 Å². The number of fused-ring (bicyclic) bond motifs is 13. The summed E-state index contributed by atoms with van der Waals surface area (Å²) >= 11 is 1.90. The molecule has 0 aliphatic heterocycles. The van der Waals surface area contributed by atoms with Crippen molar-refractivity contribution in [3.05, 3.63) is 164 Å². The number of aromatic nitrogens is 3. The molecular weight excluding hydrogens is 627 g/mol. The second-order valence-electron chi connectivity index (χ2n) is 12.9. The Labute approximate surface area is 291 Å². The Balaban J connectivity index is 1.32. The van der Waals surface area contributed by atoms with Crippen LogP contribution in [0, 0.1) is 0 Å². The normalized spacial score (nSPS) is 12.0. The molecule has 0 saturated heterocycles. The van der Waals surface area contributed by atoms with E-state index in [9.17, 15) is 0 Å². The van der Waals surface area contributed by atoms with E-state index in [1.165, 1.54) is 69.1 Å². The van der Waals surface area contributed by atoms with Crippen molar-refractivity contribution >= 4 is 85.9 Å². The van der Waals surface area contributed by atoms with Crippen molar-refractivity contribution in [2.45, 2.75) is 0 Å². The van der Waals surface area contributed by atoms with E-state index in [1.54, 1.807) is 0 Å². The fourth-order valence-electron chi connectivity index (χ4n) is 7.92. The lowest BCUT2D eigenvalue weighted by Gasteiger charge is -2.15. The summed E-state index contributed by atoms with van der Waals surface area (Å²) in [5.74, 6) is 0.834. The van der Waals surface area contributed by atoms with Crippen molar-refractivity contribution < 1.29 is 0 Å². The van der Waals surface area contributed by atoms with Gasteiger partial charge in [-0.3, -0.25) is 4.57 Å². The van der Waals surface area contributed by atoms with E-state index in [2.05, 4.69) is 156 Å². The molecule has 3 aromatic heterocycles. The zero-order valence-corrected chi connectivity index (χ0v) is 27.7. The molecule has 0 radical (unpaired) electrons. The molecule has 3 nitrogen and oxygen atoms in total. The highest BCUT2D eigenvalue weighted by Crippen LogP contribution is 2.49.